The molecule has 0 bridgehead atoms. The number of amides is 1. The third kappa shape index (κ3) is 3.08. The van der Waals surface area contributed by atoms with Crippen LogP contribution in [-0.2, 0) is 4.79 Å². The minimum Gasteiger partial charge on any atom is -0.481 e. The van der Waals surface area contributed by atoms with Crippen molar-refractivity contribution >= 4 is 22.8 Å². The quantitative estimate of drug-likeness (QED) is 0.930. The molecule has 25 heavy (non-hydrogen) atoms. The number of aliphatic carboxylic acids is 1. The molecule has 2 aromatic rings. The summed E-state index contributed by atoms with van der Waals surface area (Å²) >= 11 is 0. The van der Waals surface area contributed by atoms with E-state index in [2.05, 4.69) is 4.98 Å². The van der Waals surface area contributed by atoms with Gasteiger partial charge in [0.1, 0.15) is 5.82 Å². The molecule has 130 valence electrons. The lowest BCUT2D eigenvalue weighted by Crippen LogP contribution is -2.42. The van der Waals surface area contributed by atoms with E-state index in [-0.39, 0.29) is 12.5 Å². The van der Waals surface area contributed by atoms with Crippen LogP contribution < -0.4 is 0 Å². The van der Waals surface area contributed by atoms with Gasteiger partial charge in [-0.2, -0.15) is 0 Å². The smallest absolute Gasteiger partial charge is 0.308 e. The molecule has 0 radical (unpaired) electrons. The number of rotatable bonds is 3. The fourth-order valence-electron chi connectivity index (χ4n) is 3.52. The maximum absolute atomic E-state index is 13.7. The first kappa shape index (κ1) is 16.0. The number of carbonyl (C=O) groups excluding carboxylic acids is 1. The van der Waals surface area contributed by atoms with Gasteiger partial charge in [0.25, 0.3) is 5.91 Å². The fraction of sp³-hybridized carbons (Fsp3) is 0.421. The SMILES string of the molecule is O=C(O)C1CCCN(C(=O)c2cc(C3CC3)nc3ccc(F)cc23)C1. The first-order valence-corrected chi connectivity index (χ1v) is 8.65. The average Bonchev–Trinajstić information content (AvgIpc) is 3.45. The lowest BCUT2D eigenvalue weighted by atomic mass is 9.97. The van der Waals surface area contributed by atoms with E-state index in [9.17, 15) is 19.1 Å². The van der Waals surface area contributed by atoms with Crippen molar-refractivity contribution in [3.05, 3.63) is 41.3 Å². The van der Waals surface area contributed by atoms with Crippen LogP contribution in [0.15, 0.2) is 24.3 Å². The Kier molecular flexibility index (Phi) is 3.90. The number of likely N-dealkylation sites (tertiary alicyclic amines) is 1. The number of benzene rings is 1. The van der Waals surface area contributed by atoms with Crippen LogP contribution in [-0.4, -0.2) is 40.0 Å². The second-order valence-corrected chi connectivity index (χ2v) is 6.96. The van der Waals surface area contributed by atoms with E-state index in [1.807, 2.05) is 0 Å². The maximum Gasteiger partial charge on any atom is 0.308 e. The van der Waals surface area contributed by atoms with Crippen molar-refractivity contribution in [3.63, 3.8) is 0 Å². The molecule has 0 spiro atoms. The van der Waals surface area contributed by atoms with Crippen LogP contribution in [0.4, 0.5) is 4.39 Å². The van der Waals surface area contributed by atoms with E-state index in [0.29, 0.717) is 41.8 Å². The minimum atomic E-state index is -0.873. The molecule has 5 nitrogen and oxygen atoms in total. The number of carboxylic acids is 1. The van der Waals surface area contributed by atoms with Crippen LogP contribution in [0.5, 0.6) is 0 Å². The highest BCUT2D eigenvalue weighted by Gasteiger charge is 2.31. The topological polar surface area (TPSA) is 70.5 Å². The molecule has 2 fully saturated rings. The molecule has 1 saturated heterocycles. The highest BCUT2D eigenvalue weighted by atomic mass is 19.1. The Labute approximate surface area is 144 Å². The Balaban J connectivity index is 1.75. The van der Waals surface area contributed by atoms with Crippen LogP contribution in [0.1, 0.15) is 47.7 Å². The van der Waals surface area contributed by atoms with Crippen molar-refractivity contribution in [2.45, 2.75) is 31.6 Å². The van der Waals surface area contributed by atoms with Gasteiger partial charge in [-0.15, -0.1) is 0 Å². The van der Waals surface area contributed by atoms with Crippen molar-refractivity contribution < 1.29 is 19.1 Å². The van der Waals surface area contributed by atoms with E-state index in [1.165, 1.54) is 12.1 Å². The van der Waals surface area contributed by atoms with Crippen LogP contribution in [0.25, 0.3) is 10.9 Å². The number of carboxylic acid groups (broad SMARTS) is 1. The summed E-state index contributed by atoms with van der Waals surface area (Å²) in [6.45, 7) is 0.729. The van der Waals surface area contributed by atoms with E-state index in [1.54, 1.807) is 17.0 Å². The highest BCUT2D eigenvalue weighted by molar-refractivity contribution is 6.06. The molecule has 6 heteroatoms. The first-order chi connectivity index (χ1) is 12.0. The number of halogens is 1. The predicted octanol–water partition coefficient (Wildman–Crippen LogP) is 3.19. The van der Waals surface area contributed by atoms with Gasteiger partial charge in [0.2, 0.25) is 0 Å². The van der Waals surface area contributed by atoms with Crippen molar-refractivity contribution in [2.24, 2.45) is 5.92 Å². The summed E-state index contributed by atoms with van der Waals surface area (Å²) in [7, 11) is 0. The molecule has 1 atom stereocenters. The molecule has 2 aliphatic rings. The number of pyridine rings is 1. The zero-order valence-corrected chi connectivity index (χ0v) is 13.7. The second-order valence-electron chi connectivity index (χ2n) is 6.96. The Bertz CT molecular complexity index is 863. The molecule has 1 aliphatic heterocycles. The van der Waals surface area contributed by atoms with Gasteiger partial charge in [-0.1, -0.05) is 0 Å². The first-order valence-electron chi connectivity index (χ1n) is 8.65. The monoisotopic (exact) mass is 342 g/mol. The van der Waals surface area contributed by atoms with Gasteiger partial charge in [0, 0.05) is 30.1 Å². The summed E-state index contributed by atoms with van der Waals surface area (Å²) in [6.07, 6.45) is 3.35. The normalized spacial score (nSPS) is 20.7. The minimum absolute atomic E-state index is 0.200. The van der Waals surface area contributed by atoms with Gasteiger partial charge in [-0.05, 0) is 49.9 Å². The molecule has 1 N–H and O–H groups in total. The molecule has 2 heterocycles. The molecule has 1 amide bonds. The molecule has 1 aliphatic carbocycles. The van der Waals surface area contributed by atoms with Crippen LogP contribution in [0, 0.1) is 11.7 Å². The summed E-state index contributed by atoms with van der Waals surface area (Å²) in [5.74, 6) is -1.68. The van der Waals surface area contributed by atoms with Gasteiger partial charge in [-0.3, -0.25) is 14.6 Å². The number of nitrogens with zero attached hydrogens (tertiary/aromatic N) is 2. The lowest BCUT2D eigenvalue weighted by Gasteiger charge is -2.31. The van der Waals surface area contributed by atoms with Gasteiger partial charge >= 0.3 is 5.97 Å². The summed E-state index contributed by atoms with van der Waals surface area (Å²) in [5, 5.41) is 9.74. The fourth-order valence-corrected chi connectivity index (χ4v) is 3.52. The Morgan fingerprint density at radius 1 is 1.20 bits per heavy atom. The van der Waals surface area contributed by atoms with E-state index in [0.717, 1.165) is 18.5 Å². The van der Waals surface area contributed by atoms with Crippen molar-refractivity contribution in [1.82, 2.24) is 9.88 Å². The Hall–Kier alpha value is -2.50. The zero-order valence-electron chi connectivity index (χ0n) is 13.7. The van der Waals surface area contributed by atoms with Gasteiger partial charge in [-0.25, -0.2) is 4.39 Å². The number of carbonyl (C=O) groups is 2. The number of fused-ring (bicyclic) bond motifs is 1. The molecule has 4 rings (SSSR count). The van der Waals surface area contributed by atoms with Crippen LogP contribution in [0.2, 0.25) is 0 Å². The molecule has 1 aromatic carbocycles. The summed E-state index contributed by atoms with van der Waals surface area (Å²) in [4.78, 5) is 30.5. The standard InChI is InChI=1S/C19H19FN2O3/c20-13-5-6-16-14(8-13)15(9-17(21-16)11-3-4-11)18(23)22-7-1-2-12(10-22)19(24)25/h5-6,8-9,11-12H,1-4,7,10H2,(H,24,25). The van der Waals surface area contributed by atoms with Crippen molar-refractivity contribution in [2.75, 3.05) is 13.1 Å². The Morgan fingerprint density at radius 3 is 2.72 bits per heavy atom. The van der Waals surface area contributed by atoms with Crippen LogP contribution in [0.3, 0.4) is 0 Å². The van der Waals surface area contributed by atoms with Crippen molar-refractivity contribution in [3.8, 4) is 0 Å². The zero-order chi connectivity index (χ0) is 17.6. The highest BCUT2D eigenvalue weighted by Crippen LogP contribution is 2.40. The summed E-state index contributed by atoms with van der Waals surface area (Å²) in [5.41, 5.74) is 1.91. The Morgan fingerprint density at radius 2 is 2.00 bits per heavy atom. The van der Waals surface area contributed by atoms with E-state index < -0.39 is 17.7 Å². The number of hydrogen-bond donors (Lipinski definition) is 1. The maximum atomic E-state index is 13.7. The third-order valence-electron chi connectivity index (χ3n) is 5.07. The average molecular weight is 342 g/mol. The van der Waals surface area contributed by atoms with Gasteiger partial charge in [0.15, 0.2) is 0 Å². The number of hydrogen-bond acceptors (Lipinski definition) is 3. The molecule has 1 aromatic heterocycles. The largest absolute Gasteiger partial charge is 0.481 e. The van der Waals surface area contributed by atoms with E-state index >= 15 is 0 Å². The van der Waals surface area contributed by atoms with E-state index in [4.69, 9.17) is 0 Å². The summed E-state index contributed by atoms with van der Waals surface area (Å²) < 4.78 is 13.7. The molecular formula is C19H19FN2O3. The van der Waals surface area contributed by atoms with Crippen molar-refractivity contribution in [1.29, 1.82) is 0 Å². The third-order valence-corrected chi connectivity index (χ3v) is 5.07. The molecule has 1 saturated carbocycles. The number of aromatic nitrogens is 1. The predicted molar refractivity (Wildman–Crippen MR) is 89.9 cm³/mol. The van der Waals surface area contributed by atoms with Gasteiger partial charge < -0.3 is 10.0 Å². The lowest BCUT2D eigenvalue weighted by molar-refractivity contribution is -0.143. The van der Waals surface area contributed by atoms with Gasteiger partial charge in [0.05, 0.1) is 17.0 Å². The summed E-state index contributed by atoms with van der Waals surface area (Å²) in [6, 6.07) is 6.06. The number of piperidine rings is 1. The molecule has 1 unspecified atom stereocenters. The molecular weight excluding hydrogens is 323 g/mol. The van der Waals surface area contributed by atoms with Crippen LogP contribution >= 0.6 is 0 Å². The second kappa shape index (κ2) is 6.10.